The van der Waals surface area contributed by atoms with Crippen molar-refractivity contribution in [3.63, 3.8) is 0 Å². The number of thiazole rings is 1. The van der Waals surface area contributed by atoms with Crippen molar-refractivity contribution in [2.45, 2.75) is 32.1 Å². The van der Waals surface area contributed by atoms with Crippen LogP contribution in [0, 0.1) is 12.8 Å². The molecule has 0 radical (unpaired) electrons. The van der Waals surface area contributed by atoms with Crippen LogP contribution in [-0.2, 0) is 0 Å². The Morgan fingerprint density at radius 2 is 2.04 bits per heavy atom. The number of carbonyl (C=O) groups excluding carboxylic acids is 1. The first kappa shape index (κ1) is 17.6. The number of aromatic nitrogens is 2. The molecule has 0 aliphatic heterocycles. The predicted molar refractivity (Wildman–Crippen MR) is 100 cm³/mol. The van der Waals surface area contributed by atoms with Crippen molar-refractivity contribution in [1.29, 1.82) is 0 Å². The van der Waals surface area contributed by atoms with Crippen molar-refractivity contribution in [3.8, 4) is 11.3 Å². The van der Waals surface area contributed by atoms with Crippen LogP contribution in [-0.4, -0.2) is 27.0 Å². The zero-order chi connectivity index (χ0) is 19.0. The van der Waals surface area contributed by atoms with Crippen LogP contribution in [0.15, 0.2) is 40.4 Å². The maximum Gasteiger partial charge on any atom is 0.335 e. The first-order valence-electron chi connectivity index (χ1n) is 8.78. The lowest BCUT2D eigenvalue weighted by Gasteiger charge is -2.17. The van der Waals surface area contributed by atoms with Gasteiger partial charge < -0.3 is 9.63 Å². The summed E-state index contributed by atoms with van der Waals surface area (Å²) in [6.07, 6.45) is 4.10. The fourth-order valence-corrected chi connectivity index (χ4v) is 4.73. The molecule has 1 saturated carbocycles. The average Bonchev–Trinajstić information content (AvgIpc) is 3.41. The molecule has 1 aromatic carbocycles. The van der Waals surface area contributed by atoms with Crippen LogP contribution in [0.25, 0.3) is 11.3 Å². The van der Waals surface area contributed by atoms with E-state index in [1.165, 1.54) is 18.4 Å². The van der Waals surface area contributed by atoms with Gasteiger partial charge in [-0.25, -0.2) is 9.78 Å². The molecule has 0 bridgehead atoms. The number of carboxylic acid groups (broad SMARTS) is 1. The molecule has 1 aliphatic rings. The Hall–Kier alpha value is -2.80. The molecule has 1 aliphatic carbocycles. The Morgan fingerprint density at radius 1 is 1.22 bits per heavy atom. The van der Waals surface area contributed by atoms with E-state index < -0.39 is 5.97 Å². The number of benzene rings is 1. The first-order chi connectivity index (χ1) is 13.0. The molecule has 3 aromatic rings. The van der Waals surface area contributed by atoms with E-state index in [0.717, 1.165) is 30.0 Å². The number of hydrogen-bond donors (Lipinski definition) is 1. The van der Waals surface area contributed by atoms with Gasteiger partial charge in [-0.3, -0.25) is 4.79 Å². The molecule has 2 heterocycles. The van der Waals surface area contributed by atoms with Crippen molar-refractivity contribution in [2.24, 2.45) is 5.92 Å². The summed E-state index contributed by atoms with van der Waals surface area (Å²) >= 11 is 1.59. The van der Waals surface area contributed by atoms with Crippen molar-refractivity contribution in [3.05, 3.63) is 57.7 Å². The van der Waals surface area contributed by atoms with Crippen LogP contribution in [0.4, 0.5) is 0 Å². The van der Waals surface area contributed by atoms with Crippen LogP contribution in [0.2, 0.25) is 0 Å². The summed E-state index contributed by atoms with van der Waals surface area (Å²) < 4.78 is 4.86. The number of nitrogens with zero attached hydrogens (tertiary/aromatic N) is 2. The standard InChI is InChI=1S/C20H18N2O4S/c1-11-10-27-19(21-11)16-4-2-3-15(16)18(23)13-7-12(17-5-6-26-22-17)8-14(9-13)20(24)25/h5-10,15-16H,2-4H2,1H3,(H,24,25). The molecular weight excluding hydrogens is 364 g/mol. The first-order valence-corrected chi connectivity index (χ1v) is 9.66. The zero-order valence-corrected chi connectivity index (χ0v) is 15.5. The Kier molecular flexibility index (Phi) is 4.61. The van der Waals surface area contributed by atoms with Gasteiger partial charge in [0.15, 0.2) is 5.78 Å². The molecule has 7 heteroatoms. The molecule has 27 heavy (non-hydrogen) atoms. The predicted octanol–water partition coefficient (Wildman–Crippen LogP) is 4.57. The highest BCUT2D eigenvalue weighted by atomic mass is 32.1. The van der Waals surface area contributed by atoms with Crippen molar-refractivity contribution < 1.29 is 19.2 Å². The third-order valence-electron chi connectivity index (χ3n) is 5.00. The SMILES string of the molecule is Cc1csc(C2CCCC2C(=O)c2cc(C(=O)O)cc(-c3ccon3)c2)n1. The lowest BCUT2D eigenvalue weighted by Crippen LogP contribution is -2.18. The molecule has 2 unspecified atom stereocenters. The van der Waals surface area contributed by atoms with Gasteiger partial charge in [0.2, 0.25) is 0 Å². The number of aromatic carboxylic acids is 1. The summed E-state index contributed by atoms with van der Waals surface area (Å²) in [4.78, 5) is 29.4. The molecule has 6 nitrogen and oxygen atoms in total. The van der Waals surface area contributed by atoms with Gasteiger partial charge in [0.1, 0.15) is 12.0 Å². The third-order valence-corrected chi connectivity index (χ3v) is 6.10. The smallest absolute Gasteiger partial charge is 0.335 e. The highest BCUT2D eigenvalue weighted by Crippen LogP contribution is 2.42. The van der Waals surface area contributed by atoms with Gasteiger partial charge in [0.25, 0.3) is 0 Å². The number of rotatable bonds is 5. The second kappa shape index (κ2) is 7.08. The van der Waals surface area contributed by atoms with Gasteiger partial charge in [0.05, 0.1) is 10.6 Å². The fourth-order valence-electron chi connectivity index (χ4n) is 3.73. The molecule has 138 valence electrons. The Labute approximate surface area is 159 Å². The van der Waals surface area contributed by atoms with Crippen molar-refractivity contribution >= 4 is 23.1 Å². The van der Waals surface area contributed by atoms with Gasteiger partial charge >= 0.3 is 5.97 Å². The van der Waals surface area contributed by atoms with Crippen LogP contribution in [0.1, 0.15) is 56.6 Å². The minimum atomic E-state index is -1.08. The molecule has 1 N–H and O–H groups in total. The number of Topliss-reactive ketones (excluding diaryl/α,β-unsaturated/α-hetero) is 1. The number of carbonyl (C=O) groups is 2. The summed E-state index contributed by atoms with van der Waals surface area (Å²) in [6.45, 7) is 1.95. The molecule has 0 saturated heterocycles. The Morgan fingerprint density at radius 3 is 2.70 bits per heavy atom. The maximum absolute atomic E-state index is 13.3. The van der Waals surface area contributed by atoms with Crippen molar-refractivity contribution in [1.82, 2.24) is 10.1 Å². The van der Waals surface area contributed by atoms with Gasteiger partial charge in [-0.15, -0.1) is 11.3 Å². The molecule has 0 spiro atoms. The normalized spacial score (nSPS) is 19.3. The number of aryl methyl sites for hydroxylation is 1. The molecule has 0 amide bonds. The second-order valence-electron chi connectivity index (χ2n) is 6.82. The largest absolute Gasteiger partial charge is 0.478 e. The number of carboxylic acids is 1. The molecule has 2 aromatic heterocycles. The maximum atomic E-state index is 13.3. The molecule has 4 rings (SSSR count). The monoisotopic (exact) mass is 382 g/mol. The van der Waals surface area contributed by atoms with E-state index in [1.807, 2.05) is 12.3 Å². The minimum absolute atomic E-state index is 0.0294. The van der Waals surface area contributed by atoms with Crippen LogP contribution < -0.4 is 0 Å². The highest BCUT2D eigenvalue weighted by Gasteiger charge is 2.36. The van der Waals surface area contributed by atoms with E-state index in [4.69, 9.17) is 4.52 Å². The average molecular weight is 382 g/mol. The molecule has 2 atom stereocenters. The van der Waals surface area contributed by atoms with E-state index >= 15 is 0 Å². The van der Waals surface area contributed by atoms with Crippen LogP contribution in [0.3, 0.4) is 0 Å². The Balaban J connectivity index is 1.71. The van der Waals surface area contributed by atoms with E-state index in [-0.39, 0.29) is 23.2 Å². The summed E-state index contributed by atoms with van der Waals surface area (Å²) in [5.41, 5.74) is 2.50. The van der Waals surface area contributed by atoms with Crippen LogP contribution in [0.5, 0.6) is 0 Å². The number of hydrogen-bond acceptors (Lipinski definition) is 6. The van der Waals surface area contributed by atoms with Gasteiger partial charge in [-0.1, -0.05) is 11.6 Å². The fraction of sp³-hybridized carbons (Fsp3) is 0.300. The van der Waals surface area contributed by atoms with E-state index in [0.29, 0.717) is 16.8 Å². The number of ketones is 1. The van der Waals surface area contributed by atoms with E-state index in [9.17, 15) is 14.7 Å². The van der Waals surface area contributed by atoms with E-state index in [1.54, 1.807) is 23.5 Å². The molecule has 1 fully saturated rings. The quantitative estimate of drug-likeness (QED) is 0.650. The second-order valence-corrected chi connectivity index (χ2v) is 7.71. The van der Waals surface area contributed by atoms with Crippen molar-refractivity contribution in [2.75, 3.05) is 0 Å². The van der Waals surface area contributed by atoms with Gasteiger partial charge in [-0.05, 0) is 38.0 Å². The summed E-state index contributed by atoms with van der Waals surface area (Å²) in [5, 5.41) is 16.3. The summed E-state index contributed by atoms with van der Waals surface area (Å²) in [5.74, 6) is -1.18. The summed E-state index contributed by atoms with van der Waals surface area (Å²) in [7, 11) is 0. The third kappa shape index (κ3) is 3.42. The zero-order valence-electron chi connectivity index (χ0n) is 14.7. The minimum Gasteiger partial charge on any atom is -0.478 e. The summed E-state index contributed by atoms with van der Waals surface area (Å²) in [6, 6.07) is 6.31. The van der Waals surface area contributed by atoms with E-state index in [2.05, 4.69) is 10.1 Å². The lowest BCUT2D eigenvalue weighted by molar-refractivity contribution is 0.0697. The molecular formula is C20H18N2O4S. The van der Waals surface area contributed by atoms with Gasteiger partial charge in [0, 0.05) is 40.1 Å². The highest BCUT2D eigenvalue weighted by molar-refractivity contribution is 7.09. The van der Waals surface area contributed by atoms with Crippen LogP contribution >= 0.6 is 11.3 Å². The Bertz CT molecular complexity index is 993. The lowest BCUT2D eigenvalue weighted by atomic mass is 9.87. The van der Waals surface area contributed by atoms with Gasteiger partial charge in [-0.2, -0.15) is 0 Å². The topological polar surface area (TPSA) is 93.3 Å².